The third-order valence-corrected chi connectivity index (χ3v) is 2.99. The molecule has 0 bridgehead atoms. The molecule has 0 aliphatic heterocycles. The topological polar surface area (TPSA) is 61.0 Å². The number of nitrogens with zero attached hydrogens (tertiary/aromatic N) is 2. The molecule has 1 aromatic carbocycles. The van der Waals surface area contributed by atoms with Crippen LogP contribution in [0, 0.1) is 12.7 Å². The van der Waals surface area contributed by atoms with Crippen LogP contribution in [0.1, 0.15) is 36.7 Å². The van der Waals surface area contributed by atoms with Crippen LogP contribution in [-0.2, 0) is 6.61 Å². The van der Waals surface area contributed by atoms with E-state index in [1.165, 1.54) is 6.07 Å². The fourth-order valence-corrected chi connectivity index (χ4v) is 1.69. The van der Waals surface area contributed by atoms with Crippen LogP contribution in [-0.4, -0.2) is 9.97 Å². The van der Waals surface area contributed by atoms with Crippen LogP contribution >= 0.6 is 0 Å². The van der Waals surface area contributed by atoms with Crippen LogP contribution in [0.4, 0.5) is 10.2 Å². The SMILES string of the molecule is Cc1c(N)nc(C(C)C)nc1OCc1ccccc1F. The van der Waals surface area contributed by atoms with Gasteiger partial charge in [-0.3, -0.25) is 0 Å². The number of nitrogen functional groups attached to an aromatic ring is 1. The van der Waals surface area contributed by atoms with Crippen molar-refractivity contribution in [2.75, 3.05) is 5.73 Å². The molecule has 0 unspecified atom stereocenters. The summed E-state index contributed by atoms with van der Waals surface area (Å²) < 4.78 is 19.1. The molecule has 5 heteroatoms. The maximum atomic E-state index is 13.5. The van der Waals surface area contributed by atoms with Gasteiger partial charge in [0, 0.05) is 11.5 Å². The van der Waals surface area contributed by atoms with Crippen LogP contribution in [0.25, 0.3) is 0 Å². The summed E-state index contributed by atoms with van der Waals surface area (Å²) in [5.41, 5.74) is 7.01. The lowest BCUT2D eigenvalue weighted by molar-refractivity contribution is 0.284. The van der Waals surface area contributed by atoms with Gasteiger partial charge in [0.1, 0.15) is 24.1 Å². The van der Waals surface area contributed by atoms with Crippen molar-refractivity contribution in [3.05, 3.63) is 47.0 Å². The molecule has 0 saturated carbocycles. The first kappa shape index (κ1) is 14.2. The van der Waals surface area contributed by atoms with Gasteiger partial charge >= 0.3 is 0 Å². The van der Waals surface area contributed by atoms with Crippen LogP contribution < -0.4 is 10.5 Å². The molecule has 0 aliphatic carbocycles. The number of ether oxygens (including phenoxy) is 1. The molecule has 0 fully saturated rings. The number of nitrogens with two attached hydrogens (primary N) is 1. The minimum atomic E-state index is -0.295. The molecule has 0 radical (unpaired) electrons. The highest BCUT2D eigenvalue weighted by molar-refractivity contribution is 5.44. The second kappa shape index (κ2) is 5.86. The summed E-state index contributed by atoms with van der Waals surface area (Å²) >= 11 is 0. The van der Waals surface area contributed by atoms with E-state index in [0.717, 1.165) is 0 Å². The minimum Gasteiger partial charge on any atom is -0.472 e. The van der Waals surface area contributed by atoms with Crippen molar-refractivity contribution < 1.29 is 9.13 Å². The molecular weight excluding hydrogens is 257 g/mol. The second-order valence-corrected chi connectivity index (χ2v) is 4.93. The summed E-state index contributed by atoms with van der Waals surface area (Å²) in [6.07, 6.45) is 0. The maximum absolute atomic E-state index is 13.5. The smallest absolute Gasteiger partial charge is 0.222 e. The fourth-order valence-electron chi connectivity index (χ4n) is 1.69. The molecule has 2 N–H and O–H groups in total. The van der Waals surface area contributed by atoms with Crippen molar-refractivity contribution >= 4 is 5.82 Å². The van der Waals surface area contributed by atoms with E-state index < -0.39 is 0 Å². The lowest BCUT2D eigenvalue weighted by Crippen LogP contribution is -2.08. The summed E-state index contributed by atoms with van der Waals surface area (Å²) in [5, 5.41) is 0. The van der Waals surface area contributed by atoms with Crippen molar-refractivity contribution in [3.63, 3.8) is 0 Å². The Labute approximate surface area is 117 Å². The summed E-state index contributed by atoms with van der Waals surface area (Å²) in [6.45, 7) is 5.85. The molecule has 1 aromatic heterocycles. The molecule has 4 nitrogen and oxygen atoms in total. The van der Waals surface area contributed by atoms with E-state index >= 15 is 0 Å². The van der Waals surface area contributed by atoms with E-state index in [4.69, 9.17) is 10.5 Å². The van der Waals surface area contributed by atoms with E-state index in [9.17, 15) is 4.39 Å². The Morgan fingerprint density at radius 1 is 1.25 bits per heavy atom. The quantitative estimate of drug-likeness (QED) is 0.930. The molecule has 0 aliphatic rings. The lowest BCUT2D eigenvalue weighted by Gasteiger charge is -2.13. The average molecular weight is 275 g/mol. The van der Waals surface area contributed by atoms with Gasteiger partial charge in [-0.05, 0) is 13.0 Å². The van der Waals surface area contributed by atoms with Crippen LogP contribution in [0.2, 0.25) is 0 Å². The zero-order valence-corrected chi connectivity index (χ0v) is 11.9. The minimum absolute atomic E-state index is 0.113. The van der Waals surface area contributed by atoms with Gasteiger partial charge in [0.05, 0.1) is 5.56 Å². The Morgan fingerprint density at radius 3 is 2.60 bits per heavy atom. The van der Waals surface area contributed by atoms with E-state index in [1.54, 1.807) is 25.1 Å². The molecule has 20 heavy (non-hydrogen) atoms. The first-order valence-corrected chi connectivity index (χ1v) is 6.49. The number of hydrogen-bond acceptors (Lipinski definition) is 4. The highest BCUT2D eigenvalue weighted by Crippen LogP contribution is 2.23. The first-order valence-electron chi connectivity index (χ1n) is 6.49. The van der Waals surface area contributed by atoms with E-state index in [1.807, 2.05) is 13.8 Å². The highest BCUT2D eigenvalue weighted by Gasteiger charge is 2.13. The van der Waals surface area contributed by atoms with Crippen molar-refractivity contribution in [1.29, 1.82) is 0 Å². The molecule has 0 amide bonds. The van der Waals surface area contributed by atoms with E-state index in [-0.39, 0.29) is 18.3 Å². The number of halogens is 1. The van der Waals surface area contributed by atoms with Gasteiger partial charge in [0.2, 0.25) is 5.88 Å². The first-order chi connectivity index (χ1) is 9.49. The van der Waals surface area contributed by atoms with Crippen molar-refractivity contribution in [2.24, 2.45) is 0 Å². The van der Waals surface area contributed by atoms with Gasteiger partial charge in [-0.2, -0.15) is 4.98 Å². The van der Waals surface area contributed by atoms with Crippen LogP contribution in [0.15, 0.2) is 24.3 Å². The van der Waals surface area contributed by atoms with Gasteiger partial charge in [-0.1, -0.05) is 32.0 Å². The monoisotopic (exact) mass is 275 g/mol. The Kier molecular flexibility index (Phi) is 4.17. The number of hydrogen-bond donors (Lipinski definition) is 1. The van der Waals surface area contributed by atoms with Gasteiger partial charge in [-0.25, -0.2) is 9.37 Å². The molecule has 0 spiro atoms. The number of benzene rings is 1. The Hall–Kier alpha value is -2.17. The third kappa shape index (κ3) is 3.04. The Bertz CT molecular complexity index is 614. The number of rotatable bonds is 4. The molecule has 1 heterocycles. The van der Waals surface area contributed by atoms with Crippen molar-refractivity contribution in [3.8, 4) is 5.88 Å². The van der Waals surface area contributed by atoms with Crippen molar-refractivity contribution in [2.45, 2.75) is 33.3 Å². The summed E-state index contributed by atoms with van der Waals surface area (Å²) in [7, 11) is 0. The summed E-state index contributed by atoms with van der Waals surface area (Å²) in [6, 6.07) is 6.49. The third-order valence-electron chi connectivity index (χ3n) is 2.99. The highest BCUT2D eigenvalue weighted by atomic mass is 19.1. The van der Waals surface area contributed by atoms with Gasteiger partial charge in [0.25, 0.3) is 0 Å². The Morgan fingerprint density at radius 2 is 1.95 bits per heavy atom. The summed E-state index contributed by atoms with van der Waals surface area (Å²) in [4.78, 5) is 8.56. The van der Waals surface area contributed by atoms with Gasteiger partial charge < -0.3 is 10.5 Å². The predicted molar refractivity (Wildman–Crippen MR) is 76.0 cm³/mol. The van der Waals surface area contributed by atoms with Crippen LogP contribution in [0.5, 0.6) is 5.88 Å². The zero-order valence-electron chi connectivity index (χ0n) is 11.9. The summed E-state index contributed by atoms with van der Waals surface area (Å²) in [5.74, 6) is 1.28. The predicted octanol–water partition coefficient (Wildman–Crippen LogP) is 3.21. The number of anilines is 1. The standard InChI is InChI=1S/C15H18FN3O/c1-9(2)14-18-13(17)10(3)15(19-14)20-8-11-6-4-5-7-12(11)16/h4-7,9H,8H2,1-3H3,(H2,17,18,19). The maximum Gasteiger partial charge on any atom is 0.222 e. The van der Waals surface area contributed by atoms with Crippen molar-refractivity contribution in [1.82, 2.24) is 9.97 Å². The molecule has 2 rings (SSSR count). The fraction of sp³-hybridized carbons (Fsp3) is 0.333. The molecule has 0 atom stereocenters. The van der Waals surface area contributed by atoms with Gasteiger partial charge in [-0.15, -0.1) is 0 Å². The molecule has 106 valence electrons. The van der Waals surface area contributed by atoms with Crippen LogP contribution in [0.3, 0.4) is 0 Å². The largest absolute Gasteiger partial charge is 0.472 e. The number of aromatic nitrogens is 2. The molecular formula is C15H18FN3O. The normalized spacial score (nSPS) is 10.8. The van der Waals surface area contributed by atoms with E-state index in [0.29, 0.717) is 28.6 Å². The molecule has 0 saturated heterocycles. The van der Waals surface area contributed by atoms with Gasteiger partial charge in [0.15, 0.2) is 0 Å². The lowest BCUT2D eigenvalue weighted by atomic mass is 10.2. The van der Waals surface area contributed by atoms with E-state index in [2.05, 4.69) is 9.97 Å². The second-order valence-electron chi connectivity index (χ2n) is 4.93. The Balaban J connectivity index is 2.23. The average Bonchev–Trinajstić information content (AvgIpc) is 2.41. The zero-order chi connectivity index (χ0) is 14.7. The molecule has 2 aromatic rings.